The van der Waals surface area contributed by atoms with E-state index in [-0.39, 0.29) is 11.8 Å². The zero-order valence-corrected chi connectivity index (χ0v) is 12.9. The van der Waals surface area contributed by atoms with Crippen LogP contribution in [0.25, 0.3) is 0 Å². The molecule has 0 radical (unpaired) electrons. The van der Waals surface area contributed by atoms with E-state index in [4.69, 9.17) is 4.74 Å². The van der Waals surface area contributed by atoms with Crippen LogP contribution in [0.1, 0.15) is 23.7 Å². The summed E-state index contributed by atoms with van der Waals surface area (Å²) in [5.41, 5.74) is 1.90. The van der Waals surface area contributed by atoms with Crippen LogP contribution in [0.15, 0.2) is 48.5 Å². The summed E-state index contributed by atoms with van der Waals surface area (Å²) in [5, 5.41) is 2.78. The van der Waals surface area contributed by atoms with Gasteiger partial charge in [-0.05, 0) is 37.3 Å². The number of anilines is 2. The molecule has 0 atom stereocenters. The highest BCUT2D eigenvalue weighted by atomic mass is 16.5. The second-order valence-corrected chi connectivity index (χ2v) is 5.24. The lowest BCUT2D eigenvalue weighted by Crippen LogP contribution is -2.30. The Hall–Kier alpha value is -2.82. The molecule has 0 aliphatic carbocycles. The van der Waals surface area contributed by atoms with Crippen LogP contribution >= 0.6 is 0 Å². The fourth-order valence-electron chi connectivity index (χ4n) is 2.56. The fraction of sp³-hybridized carbons (Fsp3) is 0.222. The monoisotopic (exact) mass is 310 g/mol. The molecule has 5 heteroatoms. The molecular weight excluding hydrogens is 292 g/mol. The number of carbonyl (C=O) groups excluding carboxylic acids is 2. The first-order chi connectivity index (χ1) is 11.2. The van der Waals surface area contributed by atoms with Gasteiger partial charge in [0.25, 0.3) is 5.91 Å². The number of nitrogens with zero attached hydrogens (tertiary/aromatic N) is 1. The number of carbonyl (C=O) groups is 2. The largest absolute Gasteiger partial charge is 0.491 e. The number of para-hydroxylation sites is 1. The quantitative estimate of drug-likeness (QED) is 0.948. The molecule has 2 aromatic rings. The third-order valence-corrected chi connectivity index (χ3v) is 3.72. The Morgan fingerprint density at radius 2 is 2.00 bits per heavy atom. The summed E-state index contributed by atoms with van der Waals surface area (Å²) in [6.45, 7) is 2.83. The molecule has 0 saturated carbocycles. The Morgan fingerprint density at radius 3 is 2.74 bits per heavy atom. The number of nitrogens with one attached hydrogen (secondary N) is 1. The molecule has 0 fully saturated rings. The molecule has 1 aliphatic rings. The van der Waals surface area contributed by atoms with Crippen molar-refractivity contribution in [1.82, 2.24) is 0 Å². The highest BCUT2D eigenvalue weighted by molar-refractivity contribution is 6.07. The molecule has 0 unspecified atom stereocenters. The van der Waals surface area contributed by atoms with Crippen molar-refractivity contribution in [2.24, 2.45) is 0 Å². The maximum Gasteiger partial charge on any atom is 0.258 e. The van der Waals surface area contributed by atoms with E-state index >= 15 is 0 Å². The second kappa shape index (κ2) is 6.52. The van der Waals surface area contributed by atoms with Crippen LogP contribution in [0.3, 0.4) is 0 Å². The lowest BCUT2D eigenvalue weighted by atomic mass is 10.1. The first kappa shape index (κ1) is 15.1. The van der Waals surface area contributed by atoms with Gasteiger partial charge in [0.2, 0.25) is 5.91 Å². The van der Waals surface area contributed by atoms with Gasteiger partial charge in [0.1, 0.15) is 5.75 Å². The van der Waals surface area contributed by atoms with Crippen molar-refractivity contribution in [2.45, 2.75) is 13.3 Å². The molecule has 2 amide bonds. The van der Waals surface area contributed by atoms with Gasteiger partial charge in [-0.3, -0.25) is 9.59 Å². The van der Waals surface area contributed by atoms with Gasteiger partial charge in [-0.25, -0.2) is 0 Å². The third-order valence-electron chi connectivity index (χ3n) is 3.72. The predicted octanol–water partition coefficient (Wildman–Crippen LogP) is 3.07. The zero-order chi connectivity index (χ0) is 16.2. The summed E-state index contributed by atoms with van der Waals surface area (Å²) in [6, 6.07) is 14.6. The van der Waals surface area contributed by atoms with Crippen LogP contribution in [0, 0.1) is 0 Å². The standard InChI is InChI=1S/C18H18N2O3/c1-2-20(14-6-4-3-5-7-14)18(22)13-8-9-16-15(12-13)19-17(21)10-11-23-16/h3-9,12H,2,10-11H2,1H3,(H,19,21). The number of fused-ring (bicyclic) bond motifs is 1. The lowest BCUT2D eigenvalue weighted by Gasteiger charge is -2.21. The van der Waals surface area contributed by atoms with Crippen molar-refractivity contribution in [3.05, 3.63) is 54.1 Å². The Bertz CT molecular complexity index is 728. The van der Waals surface area contributed by atoms with Crippen molar-refractivity contribution in [2.75, 3.05) is 23.4 Å². The van der Waals surface area contributed by atoms with Gasteiger partial charge < -0.3 is 15.0 Å². The Morgan fingerprint density at radius 1 is 1.22 bits per heavy atom. The maximum atomic E-state index is 12.8. The topological polar surface area (TPSA) is 58.6 Å². The number of hydrogen-bond donors (Lipinski definition) is 1. The van der Waals surface area contributed by atoms with Gasteiger partial charge in [0, 0.05) is 17.8 Å². The van der Waals surface area contributed by atoms with E-state index in [1.54, 1.807) is 23.1 Å². The number of benzene rings is 2. The van der Waals surface area contributed by atoms with Crippen LogP contribution in [0.2, 0.25) is 0 Å². The van der Waals surface area contributed by atoms with Gasteiger partial charge in [0.15, 0.2) is 0 Å². The Kier molecular flexibility index (Phi) is 4.28. The van der Waals surface area contributed by atoms with E-state index in [0.717, 1.165) is 5.69 Å². The summed E-state index contributed by atoms with van der Waals surface area (Å²) in [6.07, 6.45) is 0.309. The Labute approximate surface area is 134 Å². The van der Waals surface area contributed by atoms with Crippen molar-refractivity contribution in [3.63, 3.8) is 0 Å². The Balaban J connectivity index is 1.92. The third kappa shape index (κ3) is 3.18. The number of hydrogen-bond acceptors (Lipinski definition) is 3. The van der Waals surface area contributed by atoms with Crippen molar-refractivity contribution >= 4 is 23.2 Å². The molecule has 2 aromatic carbocycles. The van der Waals surface area contributed by atoms with E-state index in [1.165, 1.54) is 0 Å². The summed E-state index contributed by atoms with van der Waals surface area (Å²) in [5.74, 6) is 0.374. The molecule has 5 nitrogen and oxygen atoms in total. The first-order valence-corrected chi connectivity index (χ1v) is 7.62. The number of amides is 2. The zero-order valence-electron chi connectivity index (χ0n) is 12.9. The predicted molar refractivity (Wildman–Crippen MR) is 89.0 cm³/mol. The van der Waals surface area contributed by atoms with Crippen molar-refractivity contribution < 1.29 is 14.3 Å². The van der Waals surface area contributed by atoms with Crippen LogP contribution < -0.4 is 15.0 Å². The average Bonchev–Trinajstić information content (AvgIpc) is 2.76. The molecule has 1 aliphatic heterocycles. The smallest absolute Gasteiger partial charge is 0.258 e. The van der Waals surface area contributed by atoms with Crippen LogP contribution in [0.5, 0.6) is 5.75 Å². The minimum Gasteiger partial charge on any atom is -0.491 e. The minimum absolute atomic E-state index is 0.108. The molecule has 0 saturated heterocycles. The van der Waals surface area contributed by atoms with E-state index < -0.39 is 0 Å². The summed E-state index contributed by atoms with van der Waals surface area (Å²) >= 11 is 0. The highest BCUT2D eigenvalue weighted by Gasteiger charge is 2.20. The SMILES string of the molecule is CCN(C(=O)c1ccc2c(c1)NC(=O)CCO2)c1ccccc1. The van der Waals surface area contributed by atoms with E-state index in [9.17, 15) is 9.59 Å². The molecule has 3 rings (SSSR count). The summed E-state index contributed by atoms with van der Waals surface area (Å²) in [7, 11) is 0. The van der Waals surface area contributed by atoms with Gasteiger partial charge >= 0.3 is 0 Å². The molecule has 0 bridgehead atoms. The van der Waals surface area contributed by atoms with Crippen LogP contribution in [-0.2, 0) is 4.79 Å². The average molecular weight is 310 g/mol. The van der Waals surface area contributed by atoms with Gasteiger partial charge in [-0.1, -0.05) is 18.2 Å². The van der Waals surface area contributed by atoms with Gasteiger partial charge in [-0.15, -0.1) is 0 Å². The summed E-state index contributed by atoms with van der Waals surface area (Å²) in [4.78, 5) is 26.1. The van der Waals surface area contributed by atoms with E-state index in [1.807, 2.05) is 37.3 Å². The van der Waals surface area contributed by atoms with Crippen molar-refractivity contribution in [1.29, 1.82) is 0 Å². The first-order valence-electron chi connectivity index (χ1n) is 7.62. The lowest BCUT2D eigenvalue weighted by molar-refractivity contribution is -0.116. The van der Waals surface area contributed by atoms with E-state index in [2.05, 4.69) is 5.32 Å². The molecule has 0 spiro atoms. The molecule has 1 N–H and O–H groups in total. The van der Waals surface area contributed by atoms with Crippen LogP contribution in [0.4, 0.5) is 11.4 Å². The number of rotatable bonds is 3. The second-order valence-electron chi connectivity index (χ2n) is 5.24. The molecule has 0 aromatic heterocycles. The summed E-state index contributed by atoms with van der Waals surface area (Å²) < 4.78 is 5.52. The minimum atomic E-state index is -0.111. The number of ether oxygens (including phenoxy) is 1. The van der Waals surface area contributed by atoms with Gasteiger partial charge in [-0.2, -0.15) is 0 Å². The van der Waals surface area contributed by atoms with Gasteiger partial charge in [0.05, 0.1) is 18.7 Å². The van der Waals surface area contributed by atoms with Crippen LogP contribution in [-0.4, -0.2) is 25.0 Å². The maximum absolute atomic E-state index is 12.8. The molecule has 118 valence electrons. The molecule has 1 heterocycles. The fourth-order valence-corrected chi connectivity index (χ4v) is 2.56. The molecule has 23 heavy (non-hydrogen) atoms. The van der Waals surface area contributed by atoms with E-state index in [0.29, 0.717) is 36.6 Å². The molecular formula is C18H18N2O3. The van der Waals surface area contributed by atoms with Crippen molar-refractivity contribution in [3.8, 4) is 5.75 Å². The normalized spacial score (nSPS) is 13.3. The highest BCUT2D eigenvalue weighted by Crippen LogP contribution is 2.29.